The third kappa shape index (κ3) is 4.92. The van der Waals surface area contributed by atoms with Gasteiger partial charge in [0, 0.05) is 17.9 Å². The molecule has 2 rings (SSSR count). The zero-order valence-electron chi connectivity index (χ0n) is 13.5. The Hall–Kier alpha value is -1.16. The van der Waals surface area contributed by atoms with Crippen molar-refractivity contribution < 1.29 is 18.4 Å². The highest BCUT2D eigenvalue weighted by atomic mass is 32.2. The molecule has 1 aromatic carbocycles. The van der Waals surface area contributed by atoms with Crippen molar-refractivity contribution in [2.45, 2.75) is 48.4 Å². The minimum absolute atomic E-state index is 0.0961. The topological polar surface area (TPSA) is 110 Å². The van der Waals surface area contributed by atoms with Crippen molar-refractivity contribution in [3.8, 4) is 0 Å². The van der Waals surface area contributed by atoms with Gasteiger partial charge in [-0.1, -0.05) is 6.92 Å². The van der Waals surface area contributed by atoms with E-state index in [0.29, 0.717) is 16.6 Å². The van der Waals surface area contributed by atoms with Gasteiger partial charge >= 0.3 is 0 Å². The molecule has 1 aliphatic carbocycles. The van der Waals surface area contributed by atoms with Crippen LogP contribution in [0.5, 0.6) is 0 Å². The number of rotatable bonds is 7. The summed E-state index contributed by atoms with van der Waals surface area (Å²) in [5.74, 6) is 0.917. The van der Waals surface area contributed by atoms with Gasteiger partial charge < -0.3 is 5.11 Å². The molecular weight excluding hydrogens is 352 g/mol. The summed E-state index contributed by atoms with van der Waals surface area (Å²) in [6.07, 6.45) is 3.52. The predicted molar refractivity (Wildman–Crippen MR) is 92.6 cm³/mol. The molecule has 0 amide bonds. The van der Waals surface area contributed by atoms with Crippen LogP contribution < -0.4 is 4.72 Å². The van der Waals surface area contributed by atoms with Crippen molar-refractivity contribution in [1.29, 1.82) is 0 Å². The molecule has 1 saturated carbocycles. The maximum atomic E-state index is 12.5. The number of nitro benzene ring substituents is 1. The molecule has 0 aliphatic heterocycles. The zero-order valence-corrected chi connectivity index (χ0v) is 15.1. The fraction of sp³-hybridized carbons (Fsp3) is 0.600. The largest absolute Gasteiger partial charge is 0.396 e. The lowest BCUT2D eigenvalue weighted by Crippen LogP contribution is -2.37. The summed E-state index contributed by atoms with van der Waals surface area (Å²) in [7, 11) is -3.78. The van der Waals surface area contributed by atoms with Crippen molar-refractivity contribution in [2.75, 3.05) is 12.4 Å². The van der Waals surface area contributed by atoms with Crippen molar-refractivity contribution >= 4 is 27.5 Å². The van der Waals surface area contributed by atoms with Crippen molar-refractivity contribution in [2.24, 2.45) is 5.92 Å². The Balaban J connectivity index is 2.20. The van der Waals surface area contributed by atoms with Gasteiger partial charge in [-0.2, -0.15) is 0 Å². The molecule has 0 heterocycles. The van der Waals surface area contributed by atoms with E-state index in [1.165, 1.54) is 12.1 Å². The Morgan fingerprint density at radius 2 is 2.00 bits per heavy atom. The number of nitrogens with zero attached hydrogens (tertiary/aromatic N) is 1. The van der Waals surface area contributed by atoms with Crippen LogP contribution in [0.4, 0.5) is 5.69 Å². The Bertz CT molecular complexity index is 685. The maximum Gasteiger partial charge on any atom is 0.284 e. The molecular formula is C15H22N2O5S2. The smallest absolute Gasteiger partial charge is 0.284 e. The number of thioether (sulfide) groups is 1. The number of sulfonamides is 1. The first-order valence-corrected chi connectivity index (χ1v) is 10.3. The molecule has 0 spiro atoms. The lowest BCUT2D eigenvalue weighted by molar-refractivity contribution is -0.388. The number of nitrogens with one attached hydrogen (secondary N) is 1. The number of hydrogen-bond acceptors (Lipinski definition) is 6. The first-order chi connectivity index (χ1) is 11.3. The summed E-state index contributed by atoms with van der Waals surface area (Å²) in [4.78, 5) is 10.9. The second-order valence-corrected chi connectivity index (χ2v) is 8.89. The van der Waals surface area contributed by atoms with E-state index in [2.05, 4.69) is 11.6 Å². The lowest BCUT2D eigenvalue weighted by atomic mass is 9.88. The van der Waals surface area contributed by atoms with Crippen LogP contribution in [-0.2, 0) is 10.0 Å². The molecule has 1 aromatic rings. The first kappa shape index (κ1) is 19.2. The van der Waals surface area contributed by atoms with E-state index in [-0.39, 0.29) is 23.2 Å². The number of aliphatic hydroxyl groups excluding tert-OH is 1. The Labute approximate surface area is 146 Å². The van der Waals surface area contributed by atoms with Gasteiger partial charge in [0.2, 0.25) is 10.0 Å². The van der Waals surface area contributed by atoms with E-state index in [1.54, 1.807) is 0 Å². The van der Waals surface area contributed by atoms with E-state index < -0.39 is 14.9 Å². The minimum Gasteiger partial charge on any atom is -0.396 e. The molecule has 1 fully saturated rings. The van der Waals surface area contributed by atoms with Gasteiger partial charge in [-0.05, 0) is 43.7 Å². The Morgan fingerprint density at radius 3 is 2.58 bits per heavy atom. The van der Waals surface area contributed by atoms with Gasteiger partial charge in [0.05, 0.1) is 21.3 Å². The Morgan fingerprint density at radius 1 is 1.33 bits per heavy atom. The fourth-order valence-corrected chi connectivity index (χ4v) is 4.83. The quantitative estimate of drug-likeness (QED) is 0.431. The normalized spacial score (nSPS) is 21.6. The molecule has 0 unspecified atom stereocenters. The summed E-state index contributed by atoms with van der Waals surface area (Å²) < 4.78 is 27.7. The van der Waals surface area contributed by atoms with Crippen LogP contribution in [0.3, 0.4) is 0 Å². The second kappa shape index (κ2) is 8.28. The van der Waals surface area contributed by atoms with Crippen LogP contribution in [0.1, 0.15) is 32.6 Å². The van der Waals surface area contributed by atoms with E-state index in [0.717, 1.165) is 43.5 Å². The van der Waals surface area contributed by atoms with Gasteiger partial charge in [-0.3, -0.25) is 10.1 Å². The molecule has 0 radical (unpaired) electrons. The summed E-state index contributed by atoms with van der Waals surface area (Å²) in [5, 5.41) is 20.0. The van der Waals surface area contributed by atoms with E-state index in [1.807, 2.05) is 0 Å². The molecule has 2 N–H and O–H groups in total. The number of nitro groups is 1. The molecule has 9 heteroatoms. The first-order valence-electron chi connectivity index (χ1n) is 7.88. The van der Waals surface area contributed by atoms with Gasteiger partial charge in [0.15, 0.2) is 0 Å². The molecule has 134 valence electrons. The van der Waals surface area contributed by atoms with Crippen molar-refractivity contribution in [3.63, 3.8) is 0 Å². The van der Waals surface area contributed by atoms with E-state index >= 15 is 0 Å². The van der Waals surface area contributed by atoms with Gasteiger partial charge in [-0.15, -0.1) is 11.8 Å². The molecule has 1 aliphatic rings. The standard InChI is InChI=1S/C15H22N2O5S2/c1-11-2-4-12(5-3-11)16-24(21,22)13-6-7-15(23-9-8-18)14(10-13)17(19)20/h6-7,10-12,16,18H,2-5,8-9H2,1H3. The summed E-state index contributed by atoms with van der Waals surface area (Å²) in [6, 6.07) is 3.78. The summed E-state index contributed by atoms with van der Waals surface area (Å²) in [5.41, 5.74) is -0.256. The lowest BCUT2D eigenvalue weighted by Gasteiger charge is -2.26. The van der Waals surface area contributed by atoms with Gasteiger partial charge in [-0.25, -0.2) is 13.1 Å². The summed E-state index contributed by atoms with van der Waals surface area (Å²) in [6.45, 7) is 2.04. The van der Waals surface area contributed by atoms with Crippen LogP contribution in [-0.4, -0.2) is 36.8 Å². The maximum absolute atomic E-state index is 12.5. The predicted octanol–water partition coefficient (Wildman–Crippen LogP) is 2.54. The molecule has 7 nitrogen and oxygen atoms in total. The van der Waals surface area contributed by atoms with E-state index in [4.69, 9.17) is 5.11 Å². The van der Waals surface area contributed by atoms with Crippen LogP contribution in [0, 0.1) is 16.0 Å². The van der Waals surface area contributed by atoms with Crippen molar-refractivity contribution in [3.05, 3.63) is 28.3 Å². The fourth-order valence-electron chi connectivity index (χ4n) is 2.75. The number of aliphatic hydroxyl groups is 1. The average molecular weight is 374 g/mol. The molecule has 24 heavy (non-hydrogen) atoms. The third-order valence-electron chi connectivity index (χ3n) is 4.12. The third-order valence-corrected chi connectivity index (χ3v) is 6.69. The molecule has 0 bridgehead atoms. The monoisotopic (exact) mass is 374 g/mol. The second-order valence-electron chi connectivity index (χ2n) is 6.04. The molecule has 0 aromatic heterocycles. The highest BCUT2D eigenvalue weighted by Gasteiger charge is 2.26. The van der Waals surface area contributed by atoms with Crippen LogP contribution in [0.25, 0.3) is 0 Å². The molecule has 0 saturated heterocycles. The average Bonchev–Trinajstić information content (AvgIpc) is 2.54. The minimum atomic E-state index is -3.78. The van der Waals surface area contributed by atoms with E-state index in [9.17, 15) is 18.5 Å². The number of benzene rings is 1. The molecule has 0 atom stereocenters. The number of hydrogen-bond donors (Lipinski definition) is 2. The zero-order chi connectivity index (χ0) is 17.7. The van der Waals surface area contributed by atoms with Crippen LogP contribution in [0.15, 0.2) is 28.0 Å². The summed E-state index contributed by atoms with van der Waals surface area (Å²) >= 11 is 1.12. The highest BCUT2D eigenvalue weighted by Crippen LogP contribution is 2.32. The van der Waals surface area contributed by atoms with Crippen LogP contribution >= 0.6 is 11.8 Å². The van der Waals surface area contributed by atoms with Crippen LogP contribution in [0.2, 0.25) is 0 Å². The highest BCUT2D eigenvalue weighted by molar-refractivity contribution is 7.99. The van der Waals surface area contributed by atoms with Gasteiger partial charge in [0.1, 0.15) is 0 Å². The Kier molecular flexibility index (Phi) is 6.62. The van der Waals surface area contributed by atoms with Crippen molar-refractivity contribution in [1.82, 2.24) is 4.72 Å². The van der Waals surface area contributed by atoms with Gasteiger partial charge in [0.25, 0.3) is 5.69 Å². The SMILES string of the molecule is CC1CCC(NS(=O)(=O)c2ccc(SCCO)c([N+](=O)[O-])c2)CC1.